The van der Waals surface area contributed by atoms with Crippen LogP contribution in [0.4, 0.5) is 8.78 Å². The maximum atomic E-state index is 15.5. The number of nitrogens with zero attached hydrogens (tertiary/aromatic N) is 2. The minimum Gasteiger partial charge on any atom is -0.497 e. The molecule has 1 unspecified atom stereocenters. The maximum Gasteiger partial charge on any atom is 0.303 e. The molecule has 0 bridgehead atoms. The number of carboxylic acid groups (broad SMARTS) is 1. The van der Waals surface area contributed by atoms with Crippen LogP contribution in [0.15, 0.2) is 59.6 Å². The number of pyridine rings is 1. The summed E-state index contributed by atoms with van der Waals surface area (Å²) in [6.45, 7) is 2.52. The number of halogens is 2. The summed E-state index contributed by atoms with van der Waals surface area (Å²) in [7, 11) is 1.59. The van der Waals surface area contributed by atoms with Crippen LogP contribution < -0.4 is 4.74 Å². The quantitative estimate of drug-likeness (QED) is 0.207. The average molecular weight is 529 g/mol. The van der Waals surface area contributed by atoms with Gasteiger partial charge in [-0.25, -0.2) is 8.78 Å². The predicted molar refractivity (Wildman–Crippen MR) is 143 cm³/mol. The van der Waals surface area contributed by atoms with Crippen LogP contribution in [0.3, 0.4) is 0 Å². The molecule has 3 atom stereocenters. The highest BCUT2D eigenvalue weighted by Crippen LogP contribution is 2.36. The normalized spacial score (nSPS) is 19.1. The summed E-state index contributed by atoms with van der Waals surface area (Å²) < 4.78 is 33.8. The van der Waals surface area contributed by atoms with E-state index in [4.69, 9.17) is 4.74 Å². The van der Waals surface area contributed by atoms with E-state index in [1.165, 1.54) is 12.1 Å². The lowest BCUT2D eigenvalue weighted by Crippen LogP contribution is -2.42. The van der Waals surface area contributed by atoms with E-state index in [2.05, 4.69) is 9.88 Å². The van der Waals surface area contributed by atoms with Crippen LogP contribution in [0.25, 0.3) is 10.9 Å². The maximum absolute atomic E-state index is 15.5. The molecule has 8 heteroatoms. The van der Waals surface area contributed by atoms with Crippen molar-refractivity contribution in [2.24, 2.45) is 11.8 Å². The Morgan fingerprint density at radius 3 is 2.78 bits per heavy atom. The fourth-order valence-electron chi connectivity index (χ4n) is 5.27. The summed E-state index contributed by atoms with van der Waals surface area (Å²) >= 11 is 1.70. The fraction of sp³-hybridized carbons (Fsp3) is 0.448. The number of methoxy groups -OCH3 is 1. The highest BCUT2D eigenvalue weighted by molar-refractivity contribution is 7.99. The highest BCUT2D eigenvalue weighted by Gasteiger charge is 2.31. The van der Waals surface area contributed by atoms with Crippen LogP contribution in [0.5, 0.6) is 5.75 Å². The Balaban J connectivity index is 1.30. The van der Waals surface area contributed by atoms with Crippen LogP contribution in [-0.4, -0.2) is 53.5 Å². The van der Waals surface area contributed by atoms with E-state index >= 15 is 4.39 Å². The Morgan fingerprint density at radius 1 is 1.22 bits per heavy atom. The minimum absolute atomic E-state index is 0.0116. The summed E-state index contributed by atoms with van der Waals surface area (Å²) in [5.41, 5.74) is 1.34. The number of aliphatic carboxylic acids is 1. The number of carboxylic acids is 1. The van der Waals surface area contributed by atoms with E-state index in [1.54, 1.807) is 43.3 Å². The zero-order valence-corrected chi connectivity index (χ0v) is 21.9. The van der Waals surface area contributed by atoms with Crippen molar-refractivity contribution in [3.63, 3.8) is 0 Å². The molecule has 1 aliphatic rings. The number of fused-ring (bicyclic) bond motifs is 1. The summed E-state index contributed by atoms with van der Waals surface area (Å²) in [6.07, 6.45) is 3.45. The molecule has 0 radical (unpaired) electrons. The van der Waals surface area contributed by atoms with E-state index < -0.39 is 12.1 Å². The summed E-state index contributed by atoms with van der Waals surface area (Å²) in [5, 5.41) is 10.3. The molecule has 1 aliphatic heterocycles. The molecule has 198 valence electrons. The van der Waals surface area contributed by atoms with Crippen LogP contribution in [0.1, 0.15) is 43.8 Å². The van der Waals surface area contributed by atoms with Gasteiger partial charge in [0.2, 0.25) is 0 Å². The number of hydrogen-bond acceptors (Lipinski definition) is 5. The van der Waals surface area contributed by atoms with Gasteiger partial charge in [-0.15, -0.1) is 11.8 Å². The standard InChI is InChI=1S/C29H34F2N2O3S/c1-36-23-6-10-28-26(18-23)25(11-13-32-28)27(31)9-3-20-12-15-33(19-21(20)17-29(34)35)14-2-16-37-24-7-4-22(30)5-8-24/h4-8,10-11,13,18,20-21,27H,2-3,9,12,14-17,19H2,1H3,(H,34,35)/t20-,21+,27?/m1/s1. The van der Waals surface area contributed by atoms with E-state index in [0.29, 0.717) is 24.2 Å². The van der Waals surface area contributed by atoms with Crippen molar-refractivity contribution in [1.82, 2.24) is 9.88 Å². The Labute approximate surface area is 221 Å². The van der Waals surface area contributed by atoms with E-state index in [1.807, 2.05) is 18.2 Å². The molecule has 0 saturated carbocycles. The van der Waals surface area contributed by atoms with Gasteiger partial charge in [0.1, 0.15) is 17.7 Å². The monoisotopic (exact) mass is 528 g/mol. The van der Waals surface area contributed by atoms with E-state index in [-0.39, 0.29) is 24.1 Å². The zero-order valence-electron chi connectivity index (χ0n) is 21.1. The topological polar surface area (TPSA) is 62.7 Å². The third-order valence-electron chi connectivity index (χ3n) is 7.22. The first-order chi connectivity index (χ1) is 17.9. The fourth-order valence-corrected chi connectivity index (χ4v) is 6.10. The Morgan fingerprint density at radius 2 is 2.03 bits per heavy atom. The lowest BCUT2D eigenvalue weighted by Gasteiger charge is -2.38. The van der Waals surface area contributed by atoms with Crippen molar-refractivity contribution < 1.29 is 23.4 Å². The average Bonchev–Trinajstić information content (AvgIpc) is 2.90. The molecule has 1 N–H and O–H groups in total. The van der Waals surface area contributed by atoms with Gasteiger partial charge in [-0.05, 0) is 110 Å². The number of carbonyl (C=O) groups is 1. The van der Waals surface area contributed by atoms with Gasteiger partial charge in [0.25, 0.3) is 0 Å². The number of thioether (sulfide) groups is 1. The van der Waals surface area contributed by atoms with Gasteiger partial charge in [-0.1, -0.05) is 0 Å². The molecule has 1 aromatic heterocycles. The Bertz CT molecular complexity index is 1180. The number of hydrogen-bond donors (Lipinski definition) is 1. The molecule has 37 heavy (non-hydrogen) atoms. The second kappa shape index (κ2) is 13.2. The van der Waals surface area contributed by atoms with Crippen LogP contribution in [-0.2, 0) is 4.79 Å². The number of rotatable bonds is 12. The first-order valence-corrected chi connectivity index (χ1v) is 13.8. The lowest BCUT2D eigenvalue weighted by atomic mass is 9.79. The number of alkyl halides is 1. The number of ether oxygens (including phenoxy) is 1. The van der Waals surface area contributed by atoms with Crippen molar-refractivity contribution >= 4 is 28.6 Å². The lowest BCUT2D eigenvalue weighted by molar-refractivity contribution is -0.139. The molecule has 4 rings (SSSR count). The molecular formula is C29H34F2N2O3S. The molecule has 0 amide bonds. The second-order valence-corrected chi connectivity index (χ2v) is 10.9. The third-order valence-corrected chi connectivity index (χ3v) is 8.32. The smallest absolute Gasteiger partial charge is 0.303 e. The summed E-state index contributed by atoms with van der Waals surface area (Å²) in [4.78, 5) is 19.3. The molecule has 3 aromatic rings. The largest absolute Gasteiger partial charge is 0.497 e. The number of aromatic nitrogens is 1. The van der Waals surface area contributed by atoms with Crippen LogP contribution in [0, 0.1) is 17.7 Å². The van der Waals surface area contributed by atoms with Gasteiger partial charge in [0, 0.05) is 29.4 Å². The van der Waals surface area contributed by atoms with Crippen molar-refractivity contribution in [1.29, 1.82) is 0 Å². The number of benzene rings is 2. The molecule has 5 nitrogen and oxygen atoms in total. The van der Waals surface area contributed by atoms with Gasteiger partial charge in [0.05, 0.1) is 12.6 Å². The predicted octanol–water partition coefficient (Wildman–Crippen LogP) is 6.77. The van der Waals surface area contributed by atoms with Crippen LogP contribution in [0.2, 0.25) is 0 Å². The molecule has 2 heterocycles. The first-order valence-electron chi connectivity index (χ1n) is 12.8. The van der Waals surface area contributed by atoms with Crippen molar-refractivity contribution in [2.45, 2.75) is 43.2 Å². The van der Waals surface area contributed by atoms with Gasteiger partial charge >= 0.3 is 5.97 Å². The SMILES string of the molecule is COc1ccc2nccc(C(F)CC[C@@H]3CCN(CCCSc4ccc(F)cc4)C[C@@H]3CC(=O)O)c2c1. The first kappa shape index (κ1) is 27.3. The minimum atomic E-state index is -1.15. The molecular weight excluding hydrogens is 494 g/mol. The number of piperidine rings is 1. The van der Waals surface area contributed by atoms with Gasteiger partial charge in [-0.2, -0.15) is 0 Å². The summed E-state index contributed by atoms with van der Waals surface area (Å²) in [5.74, 6) is 0.750. The zero-order chi connectivity index (χ0) is 26.2. The molecule has 1 fully saturated rings. The molecule has 1 saturated heterocycles. The van der Waals surface area contributed by atoms with E-state index in [9.17, 15) is 14.3 Å². The van der Waals surface area contributed by atoms with Crippen molar-refractivity contribution in [2.75, 3.05) is 32.5 Å². The number of likely N-dealkylation sites (tertiary alicyclic amines) is 1. The summed E-state index contributed by atoms with van der Waals surface area (Å²) in [6, 6.07) is 13.7. The Hall–Kier alpha value is -2.71. The van der Waals surface area contributed by atoms with Gasteiger partial charge < -0.3 is 14.7 Å². The molecule has 0 spiro atoms. The second-order valence-electron chi connectivity index (χ2n) is 9.69. The van der Waals surface area contributed by atoms with Crippen molar-refractivity contribution in [3.8, 4) is 5.75 Å². The Kier molecular flexibility index (Phi) is 9.75. The molecule has 2 aromatic carbocycles. The molecule has 0 aliphatic carbocycles. The van der Waals surface area contributed by atoms with Gasteiger partial charge in [0.15, 0.2) is 0 Å². The van der Waals surface area contributed by atoms with Crippen molar-refractivity contribution in [3.05, 3.63) is 66.1 Å². The van der Waals surface area contributed by atoms with Gasteiger partial charge in [-0.3, -0.25) is 9.78 Å². The van der Waals surface area contributed by atoms with E-state index in [0.717, 1.165) is 54.0 Å². The highest BCUT2D eigenvalue weighted by atomic mass is 32.2. The van der Waals surface area contributed by atoms with Crippen LogP contribution >= 0.6 is 11.8 Å². The third kappa shape index (κ3) is 7.65.